The van der Waals surface area contributed by atoms with Gasteiger partial charge in [-0.05, 0) is 24.1 Å². The minimum atomic E-state index is -0.416. The van der Waals surface area contributed by atoms with E-state index in [0.717, 1.165) is 11.4 Å². The second-order valence-electron chi connectivity index (χ2n) is 4.05. The Hall–Kier alpha value is -0.640. The van der Waals surface area contributed by atoms with E-state index in [1.165, 1.54) is 5.56 Å². The van der Waals surface area contributed by atoms with Crippen molar-refractivity contribution >= 4 is 11.6 Å². The molecule has 88 valence electrons. The van der Waals surface area contributed by atoms with E-state index in [-0.39, 0.29) is 12.1 Å². The summed E-state index contributed by atoms with van der Waals surface area (Å²) in [6, 6.07) is 8.04. The summed E-state index contributed by atoms with van der Waals surface area (Å²) < 4.78 is 17.7. The minimum absolute atomic E-state index is 0.268. The number of ether oxygens (including phenoxy) is 1. The number of hydrogen-bond acceptors (Lipinski definition) is 2. The van der Waals surface area contributed by atoms with Crippen molar-refractivity contribution in [1.29, 1.82) is 0 Å². The summed E-state index contributed by atoms with van der Waals surface area (Å²) in [5.41, 5.74) is 1.21. The molecule has 16 heavy (non-hydrogen) atoms. The van der Waals surface area contributed by atoms with Gasteiger partial charge in [0, 0.05) is 17.6 Å². The Bertz CT molecular complexity index is 322. The van der Waals surface area contributed by atoms with Crippen LogP contribution in [0.3, 0.4) is 0 Å². The molecule has 1 N–H and O–H groups in total. The van der Waals surface area contributed by atoms with E-state index in [0.29, 0.717) is 13.2 Å². The smallest absolute Gasteiger partial charge is 0.117 e. The van der Waals surface area contributed by atoms with Crippen molar-refractivity contribution < 1.29 is 9.13 Å². The number of benzene rings is 1. The Morgan fingerprint density at radius 2 is 2.12 bits per heavy atom. The number of rotatable bonds is 3. The highest BCUT2D eigenvalue weighted by Gasteiger charge is 2.20. The molecule has 1 aromatic rings. The lowest BCUT2D eigenvalue weighted by Crippen LogP contribution is -2.48. The third-order valence-electron chi connectivity index (χ3n) is 2.73. The molecule has 1 heterocycles. The zero-order chi connectivity index (χ0) is 11.4. The summed E-state index contributed by atoms with van der Waals surface area (Å²) in [6.07, 6.45) is 0.609. The fourth-order valence-electron chi connectivity index (χ4n) is 1.80. The average molecular weight is 244 g/mol. The van der Waals surface area contributed by atoms with Gasteiger partial charge in [0.1, 0.15) is 6.67 Å². The first kappa shape index (κ1) is 11.8. The van der Waals surface area contributed by atoms with Crippen molar-refractivity contribution in [1.82, 2.24) is 5.32 Å². The maximum absolute atomic E-state index is 12.3. The molecule has 0 bridgehead atoms. The molecule has 2 atom stereocenters. The van der Waals surface area contributed by atoms with E-state index < -0.39 is 6.67 Å². The van der Waals surface area contributed by atoms with Gasteiger partial charge >= 0.3 is 0 Å². The third-order valence-corrected chi connectivity index (χ3v) is 2.99. The Kier molecular flexibility index (Phi) is 4.16. The predicted molar refractivity (Wildman–Crippen MR) is 62.7 cm³/mol. The maximum Gasteiger partial charge on any atom is 0.117 e. The van der Waals surface area contributed by atoms with Crippen LogP contribution < -0.4 is 5.32 Å². The van der Waals surface area contributed by atoms with Crippen molar-refractivity contribution in [2.24, 2.45) is 0 Å². The molecule has 0 aliphatic carbocycles. The third kappa shape index (κ3) is 3.17. The van der Waals surface area contributed by atoms with Crippen molar-refractivity contribution in [3.05, 3.63) is 34.9 Å². The molecule has 1 aromatic carbocycles. The monoisotopic (exact) mass is 243 g/mol. The summed E-state index contributed by atoms with van der Waals surface area (Å²) in [4.78, 5) is 0. The van der Waals surface area contributed by atoms with Crippen molar-refractivity contribution in [2.75, 3.05) is 19.8 Å². The van der Waals surface area contributed by atoms with Gasteiger partial charge in [-0.25, -0.2) is 4.39 Å². The second-order valence-corrected chi connectivity index (χ2v) is 4.48. The van der Waals surface area contributed by atoms with Gasteiger partial charge in [-0.2, -0.15) is 0 Å². The molecule has 1 saturated heterocycles. The summed E-state index contributed by atoms with van der Waals surface area (Å²) in [5, 5.41) is 4.03. The first-order valence-corrected chi connectivity index (χ1v) is 5.81. The Morgan fingerprint density at radius 3 is 2.69 bits per heavy atom. The molecule has 2 rings (SSSR count). The molecule has 1 aliphatic rings. The molecule has 2 nitrogen and oxygen atoms in total. The van der Waals surface area contributed by atoms with Gasteiger partial charge in [0.15, 0.2) is 0 Å². The van der Waals surface area contributed by atoms with E-state index in [1.807, 2.05) is 24.3 Å². The molecule has 0 radical (unpaired) electrons. The van der Waals surface area contributed by atoms with Crippen LogP contribution in [0, 0.1) is 0 Å². The van der Waals surface area contributed by atoms with Gasteiger partial charge in [-0.3, -0.25) is 0 Å². The second kappa shape index (κ2) is 5.62. The summed E-state index contributed by atoms with van der Waals surface area (Å²) in [7, 11) is 0. The van der Waals surface area contributed by atoms with Crippen molar-refractivity contribution in [2.45, 2.75) is 18.6 Å². The van der Waals surface area contributed by atoms with Gasteiger partial charge in [0.25, 0.3) is 0 Å². The SMILES string of the molecule is FC[C@H]1CNC(Cc2ccc(Cl)cc2)CO1. The summed E-state index contributed by atoms with van der Waals surface area (Å²) in [6.45, 7) is 0.743. The molecular formula is C12H15ClFNO. The van der Waals surface area contributed by atoms with Gasteiger partial charge in [-0.15, -0.1) is 0 Å². The standard InChI is InChI=1S/C12H15ClFNO/c13-10-3-1-9(2-4-10)5-11-8-16-12(6-14)7-15-11/h1-4,11-12,15H,5-8H2/t11?,12-/m0/s1. The molecular weight excluding hydrogens is 229 g/mol. The molecule has 0 saturated carbocycles. The lowest BCUT2D eigenvalue weighted by atomic mass is 10.1. The predicted octanol–water partition coefficient (Wildman–Crippen LogP) is 2.21. The number of nitrogens with one attached hydrogen (secondary N) is 1. The van der Waals surface area contributed by atoms with Crippen LogP contribution in [0.5, 0.6) is 0 Å². The highest BCUT2D eigenvalue weighted by atomic mass is 35.5. The molecule has 1 aliphatic heterocycles. The highest BCUT2D eigenvalue weighted by Crippen LogP contribution is 2.12. The van der Waals surface area contributed by atoms with Crippen LogP contribution in [0.25, 0.3) is 0 Å². The van der Waals surface area contributed by atoms with E-state index >= 15 is 0 Å². The van der Waals surface area contributed by atoms with Gasteiger partial charge in [-0.1, -0.05) is 23.7 Å². The van der Waals surface area contributed by atoms with Gasteiger partial charge in [0.05, 0.1) is 12.7 Å². The fraction of sp³-hybridized carbons (Fsp3) is 0.500. The molecule has 1 fully saturated rings. The van der Waals surface area contributed by atoms with Crippen LogP contribution in [0.1, 0.15) is 5.56 Å². The molecule has 0 amide bonds. The van der Waals surface area contributed by atoms with E-state index in [4.69, 9.17) is 16.3 Å². The molecule has 1 unspecified atom stereocenters. The molecule has 0 aromatic heterocycles. The highest BCUT2D eigenvalue weighted by molar-refractivity contribution is 6.30. The Balaban J connectivity index is 1.84. The van der Waals surface area contributed by atoms with Crippen LogP contribution >= 0.6 is 11.6 Å². The van der Waals surface area contributed by atoms with Crippen LogP contribution in [-0.2, 0) is 11.2 Å². The van der Waals surface area contributed by atoms with E-state index in [1.54, 1.807) is 0 Å². The van der Waals surface area contributed by atoms with Gasteiger partial charge < -0.3 is 10.1 Å². The van der Waals surface area contributed by atoms with Crippen LogP contribution in [0.2, 0.25) is 5.02 Å². The van der Waals surface area contributed by atoms with Crippen molar-refractivity contribution in [3.63, 3.8) is 0 Å². The molecule has 0 spiro atoms. The van der Waals surface area contributed by atoms with Gasteiger partial charge in [0.2, 0.25) is 0 Å². The average Bonchev–Trinajstić information content (AvgIpc) is 2.33. The quantitative estimate of drug-likeness (QED) is 0.879. The lowest BCUT2D eigenvalue weighted by molar-refractivity contribution is -0.00818. The number of halogens is 2. The fourth-order valence-corrected chi connectivity index (χ4v) is 1.93. The van der Waals surface area contributed by atoms with Crippen LogP contribution in [0.4, 0.5) is 4.39 Å². The topological polar surface area (TPSA) is 21.3 Å². The largest absolute Gasteiger partial charge is 0.373 e. The first-order chi connectivity index (χ1) is 7.78. The van der Waals surface area contributed by atoms with Crippen LogP contribution in [-0.4, -0.2) is 32.0 Å². The maximum atomic E-state index is 12.3. The zero-order valence-electron chi connectivity index (χ0n) is 8.96. The summed E-state index contributed by atoms with van der Waals surface area (Å²) >= 11 is 5.81. The zero-order valence-corrected chi connectivity index (χ0v) is 9.71. The van der Waals surface area contributed by atoms with E-state index in [9.17, 15) is 4.39 Å². The number of hydrogen-bond donors (Lipinski definition) is 1. The van der Waals surface area contributed by atoms with E-state index in [2.05, 4.69) is 5.32 Å². The number of alkyl halides is 1. The normalized spacial score (nSPS) is 25.6. The Labute approximate surface area is 99.7 Å². The number of morpholine rings is 1. The molecule has 4 heteroatoms. The summed E-state index contributed by atoms with van der Waals surface area (Å²) in [5.74, 6) is 0. The minimum Gasteiger partial charge on any atom is -0.373 e. The van der Waals surface area contributed by atoms with Crippen molar-refractivity contribution in [3.8, 4) is 0 Å². The first-order valence-electron chi connectivity index (χ1n) is 5.43. The lowest BCUT2D eigenvalue weighted by Gasteiger charge is -2.29. The van der Waals surface area contributed by atoms with Crippen LogP contribution in [0.15, 0.2) is 24.3 Å². The Morgan fingerprint density at radius 1 is 1.38 bits per heavy atom.